The van der Waals surface area contributed by atoms with Crippen molar-refractivity contribution in [3.8, 4) is 28.6 Å². The molecule has 0 bridgehead atoms. The minimum Gasteiger partial charge on any atom is -0.497 e. The number of carbonyl (C=O) groups is 1. The van der Waals surface area contributed by atoms with E-state index in [1.54, 1.807) is 11.7 Å². The lowest BCUT2D eigenvalue weighted by atomic mass is 10.2. The number of nitrogens with one attached hydrogen (secondary N) is 2. The van der Waals surface area contributed by atoms with Gasteiger partial charge in [-0.15, -0.1) is 11.3 Å². The monoisotopic (exact) mass is 463 g/mol. The molecule has 10 heteroatoms. The normalized spacial score (nSPS) is 11.0. The number of carbonyl (C=O) groups excluding carboxylic acids is 1. The van der Waals surface area contributed by atoms with Crippen molar-refractivity contribution >= 4 is 45.6 Å². The number of nitrogens with zero attached hydrogens (tertiary/aromatic N) is 3. The molecular formula is C22H17N5O3S2. The first kappa shape index (κ1) is 20.2. The summed E-state index contributed by atoms with van der Waals surface area (Å²) in [5.74, 6) is 1.69. The van der Waals surface area contributed by atoms with Gasteiger partial charge in [0.1, 0.15) is 23.6 Å². The number of H-pyrrole nitrogens is 1. The third-order valence-corrected chi connectivity index (χ3v) is 5.91. The average molecular weight is 464 g/mol. The Morgan fingerprint density at radius 2 is 2.06 bits per heavy atom. The van der Waals surface area contributed by atoms with Crippen molar-refractivity contribution in [3.63, 3.8) is 0 Å². The molecule has 0 fully saturated rings. The van der Waals surface area contributed by atoms with Crippen molar-refractivity contribution in [3.05, 3.63) is 64.7 Å². The van der Waals surface area contributed by atoms with Gasteiger partial charge in [-0.05, 0) is 48.6 Å². The molecule has 8 nitrogen and oxygen atoms in total. The number of aromatic amines is 1. The van der Waals surface area contributed by atoms with Crippen molar-refractivity contribution in [2.24, 2.45) is 0 Å². The summed E-state index contributed by atoms with van der Waals surface area (Å²) < 4.78 is 13.0. The molecule has 0 saturated heterocycles. The van der Waals surface area contributed by atoms with Crippen LogP contribution >= 0.6 is 23.6 Å². The lowest BCUT2D eigenvalue weighted by molar-refractivity contribution is -0.116. The van der Waals surface area contributed by atoms with Gasteiger partial charge in [0.05, 0.1) is 7.11 Å². The van der Waals surface area contributed by atoms with E-state index in [-0.39, 0.29) is 12.5 Å². The number of aromatic nitrogens is 4. The molecule has 2 aromatic carbocycles. The van der Waals surface area contributed by atoms with Crippen molar-refractivity contribution in [2.75, 3.05) is 12.4 Å². The number of benzene rings is 2. The van der Waals surface area contributed by atoms with Gasteiger partial charge in [0.2, 0.25) is 5.91 Å². The molecule has 0 atom stereocenters. The molecule has 2 N–H and O–H groups in total. The molecule has 3 aromatic heterocycles. The van der Waals surface area contributed by atoms with Crippen molar-refractivity contribution in [1.82, 2.24) is 19.7 Å². The molecule has 32 heavy (non-hydrogen) atoms. The maximum atomic E-state index is 12.7. The summed E-state index contributed by atoms with van der Waals surface area (Å²) in [5, 5.41) is 13.2. The standard InChI is InChI=1S/C22H17N5O3S2/c1-29-15-8-6-13(7-9-15)20-25-26-22(31)27(20)11-19(28)24-21-23-16(12-32-21)18-10-14-4-2-3-5-17(14)30-18/h2-10,12H,11H2,1H3,(H,26,31)(H,23,24,28). The number of methoxy groups -OCH3 is 1. The smallest absolute Gasteiger partial charge is 0.246 e. The van der Waals surface area contributed by atoms with Gasteiger partial charge in [-0.3, -0.25) is 14.5 Å². The Balaban J connectivity index is 1.32. The number of furan rings is 1. The van der Waals surface area contributed by atoms with Gasteiger partial charge in [-0.2, -0.15) is 5.10 Å². The predicted molar refractivity (Wildman–Crippen MR) is 125 cm³/mol. The molecule has 5 aromatic rings. The highest BCUT2D eigenvalue weighted by Gasteiger charge is 2.15. The van der Waals surface area contributed by atoms with E-state index >= 15 is 0 Å². The van der Waals surface area contributed by atoms with Crippen LogP contribution in [0.5, 0.6) is 5.75 Å². The molecule has 0 spiro atoms. The van der Waals surface area contributed by atoms with E-state index in [0.717, 1.165) is 22.3 Å². The third kappa shape index (κ3) is 3.93. The van der Waals surface area contributed by atoms with Crippen LogP contribution in [-0.2, 0) is 11.3 Å². The van der Waals surface area contributed by atoms with Crippen molar-refractivity contribution in [1.29, 1.82) is 0 Å². The second-order valence-corrected chi connectivity index (χ2v) is 8.15. The van der Waals surface area contributed by atoms with Crippen LogP contribution in [0, 0.1) is 4.77 Å². The largest absolute Gasteiger partial charge is 0.497 e. The second-order valence-electron chi connectivity index (χ2n) is 6.90. The fourth-order valence-electron chi connectivity index (χ4n) is 3.28. The van der Waals surface area contributed by atoms with Gasteiger partial charge in [-0.25, -0.2) is 4.98 Å². The van der Waals surface area contributed by atoms with Crippen LogP contribution in [0.2, 0.25) is 0 Å². The summed E-state index contributed by atoms with van der Waals surface area (Å²) in [6, 6.07) is 17.1. The highest BCUT2D eigenvalue weighted by atomic mass is 32.1. The number of hydrogen-bond donors (Lipinski definition) is 2. The minimum absolute atomic E-state index is 0.00372. The lowest BCUT2D eigenvalue weighted by Crippen LogP contribution is -2.19. The van der Waals surface area contributed by atoms with Crippen LogP contribution in [0.3, 0.4) is 0 Å². The van der Waals surface area contributed by atoms with Gasteiger partial charge in [0, 0.05) is 16.3 Å². The van der Waals surface area contributed by atoms with E-state index in [9.17, 15) is 4.79 Å². The number of ether oxygens (including phenoxy) is 1. The topological polar surface area (TPSA) is 98.0 Å². The Morgan fingerprint density at radius 1 is 1.25 bits per heavy atom. The quantitative estimate of drug-likeness (QED) is 0.339. The fraction of sp³-hybridized carbons (Fsp3) is 0.0909. The second kappa shape index (κ2) is 8.40. The Labute approximate surface area is 191 Å². The van der Waals surface area contributed by atoms with Crippen LogP contribution in [0.1, 0.15) is 0 Å². The predicted octanol–water partition coefficient (Wildman–Crippen LogP) is 5.12. The Hall–Kier alpha value is -3.76. The van der Waals surface area contributed by atoms with Crippen LogP contribution in [0.4, 0.5) is 5.13 Å². The lowest BCUT2D eigenvalue weighted by Gasteiger charge is -2.07. The fourth-order valence-corrected chi connectivity index (χ4v) is 4.19. The molecule has 3 heterocycles. The molecule has 160 valence electrons. The molecular weight excluding hydrogens is 446 g/mol. The number of amides is 1. The first-order chi connectivity index (χ1) is 15.6. The number of thiazole rings is 1. The number of fused-ring (bicyclic) bond motifs is 1. The molecule has 0 unspecified atom stereocenters. The summed E-state index contributed by atoms with van der Waals surface area (Å²) in [4.78, 5) is 17.2. The number of anilines is 1. The first-order valence-corrected chi connectivity index (χ1v) is 10.9. The highest BCUT2D eigenvalue weighted by Crippen LogP contribution is 2.30. The number of para-hydroxylation sites is 1. The first-order valence-electron chi connectivity index (χ1n) is 9.64. The molecule has 0 saturated carbocycles. The zero-order valence-electron chi connectivity index (χ0n) is 16.9. The van der Waals surface area contributed by atoms with Gasteiger partial charge in [-0.1, -0.05) is 18.2 Å². The van der Waals surface area contributed by atoms with Crippen LogP contribution in [0.15, 0.2) is 64.4 Å². The van der Waals surface area contributed by atoms with E-state index in [0.29, 0.717) is 27.2 Å². The summed E-state index contributed by atoms with van der Waals surface area (Å²) >= 11 is 6.65. The summed E-state index contributed by atoms with van der Waals surface area (Å²) in [6.45, 7) is -0.00372. The van der Waals surface area contributed by atoms with Gasteiger partial charge in [0.15, 0.2) is 21.5 Å². The molecule has 1 amide bonds. The third-order valence-electron chi connectivity index (χ3n) is 4.84. The minimum atomic E-state index is -0.261. The van der Waals surface area contributed by atoms with E-state index in [2.05, 4.69) is 20.5 Å². The highest BCUT2D eigenvalue weighted by molar-refractivity contribution is 7.71. The summed E-state index contributed by atoms with van der Waals surface area (Å²) in [5.41, 5.74) is 2.27. The van der Waals surface area contributed by atoms with Crippen LogP contribution in [0.25, 0.3) is 33.8 Å². The van der Waals surface area contributed by atoms with Crippen LogP contribution < -0.4 is 10.1 Å². The van der Waals surface area contributed by atoms with Crippen LogP contribution in [-0.4, -0.2) is 32.8 Å². The molecule has 0 aliphatic rings. The summed E-state index contributed by atoms with van der Waals surface area (Å²) in [6.07, 6.45) is 0. The number of rotatable bonds is 6. The molecule has 0 aliphatic heterocycles. The Bertz CT molecular complexity index is 1430. The van der Waals surface area contributed by atoms with E-state index < -0.39 is 0 Å². The van der Waals surface area contributed by atoms with Crippen molar-refractivity contribution < 1.29 is 13.9 Å². The van der Waals surface area contributed by atoms with E-state index in [1.165, 1.54) is 11.3 Å². The van der Waals surface area contributed by atoms with E-state index in [4.69, 9.17) is 21.4 Å². The Kier molecular flexibility index (Phi) is 5.29. The van der Waals surface area contributed by atoms with Gasteiger partial charge in [0.25, 0.3) is 0 Å². The maximum absolute atomic E-state index is 12.7. The van der Waals surface area contributed by atoms with E-state index in [1.807, 2.05) is 60.0 Å². The summed E-state index contributed by atoms with van der Waals surface area (Å²) in [7, 11) is 1.60. The zero-order valence-corrected chi connectivity index (χ0v) is 18.5. The average Bonchev–Trinajstić information content (AvgIpc) is 3.53. The van der Waals surface area contributed by atoms with Gasteiger partial charge < -0.3 is 14.5 Å². The maximum Gasteiger partial charge on any atom is 0.246 e. The molecule has 5 rings (SSSR count). The van der Waals surface area contributed by atoms with Gasteiger partial charge >= 0.3 is 0 Å². The SMILES string of the molecule is COc1ccc(-c2n[nH]c(=S)n2CC(=O)Nc2nc(-c3cc4ccccc4o3)cs2)cc1. The number of hydrogen-bond acceptors (Lipinski definition) is 7. The molecule has 0 radical (unpaired) electrons. The Morgan fingerprint density at radius 3 is 2.84 bits per heavy atom. The van der Waals surface area contributed by atoms with Crippen molar-refractivity contribution in [2.45, 2.75) is 6.54 Å². The zero-order chi connectivity index (χ0) is 22.1. The molecule has 0 aliphatic carbocycles.